The van der Waals surface area contributed by atoms with E-state index in [0.717, 1.165) is 5.56 Å². The number of nitrogens with two attached hydrogens (primary N) is 1. The number of benzene rings is 2. The number of rotatable bonds is 6. The highest BCUT2D eigenvalue weighted by molar-refractivity contribution is 7.92. The number of carbonyl (C=O) groups excluding carboxylic acids is 1. The average Bonchev–Trinajstić information content (AvgIpc) is 2.55. The summed E-state index contributed by atoms with van der Waals surface area (Å²) in [7, 11) is -3.78. The molecule has 148 valence electrons. The molecule has 27 heavy (non-hydrogen) atoms. The number of aryl methyl sites for hydroxylation is 2. The summed E-state index contributed by atoms with van der Waals surface area (Å²) >= 11 is 0. The van der Waals surface area contributed by atoms with Crippen molar-refractivity contribution in [3.8, 4) is 0 Å². The lowest BCUT2D eigenvalue weighted by atomic mass is 10.0. The van der Waals surface area contributed by atoms with E-state index in [0.29, 0.717) is 16.9 Å². The number of sulfonamides is 1. The number of halogens is 1. The predicted octanol–water partition coefficient (Wildman–Crippen LogP) is 3.45. The van der Waals surface area contributed by atoms with Gasteiger partial charge in [-0.25, -0.2) is 8.42 Å². The van der Waals surface area contributed by atoms with Gasteiger partial charge in [0.15, 0.2) is 0 Å². The van der Waals surface area contributed by atoms with Crippen LogP contribution in [0.2, 0.25) is 0 Å². The Labute approximate surface area is 167 Å². The van der Waals surface area contributed by atoms with E-state index < -0.39 is 10.0 Å². The molecule has 2 aromatic rings. The molecule has 0 aliphatic heterocycles. The third kappa shape index (κ3) is 5.95. The highest BCUT2D eigenvalue weighted by Gasteiger charge is 2.20. The third-order valence-corrected chi connectivity index (χ3v) is 5.74. The maximum Gasteiger partial charge on any atom is 0.262 e. The number of amides is 1. The molecule has 0 bridgehead atoms. The van der Waals surface area contributed by atoms with E-state index in [4.69, 9.17) is 5.73 Å². The number of nitrogens with one attached hydrogen (secondary N) is 2. The summed E-state index contributed by atoms with van der Waals surface area (Å²) in [6.45, 7) is 7.08. The van der Waals surface area contributed by atoms with Gasteiger partial charge in [0.1, 0.15) is 0 Å². The molecule has 0 aliphatic rings. The standard InChI is InChI=1S/C19H25N3O3S.ClH/c1-12-6-5-7-17(10-12)22-26(24,25)18-11-16(9-8-13(18)2)21-19(23)14(3)15(4)20;/h5-11,14-15,22H,20H2,1-4H3,(H,21,23);1H. The van der Waals surface area contributed by atoms with Crippen molar-refractivity contribution >= 4 is 39.7 Å². The van der Waals surface area contributed by atoms with Crippen LogP contribution in [0.15, 0.2) is 47.4 Å². The van der Waals surface area contributed by atoms with Crippen molar-refractivity contribution in [3.05, 3.63) is 53.6 Å². The minimum Gasteiger partial charge on any atom is -0.327 e. The molecule has 2 aromatic carbocycles. The molecule has 6 nitrogen and oxygen atoms in total. The molecule has 8 heteroatoms. The molecular weight excluding hydrogens is 386 g/mol. The van der Waals surface area contributed by atoms with Gasteiger partial charge in [-0.3, -0.25) is 9.52 Å². The minimum atomic E-state index is -3.78. The van der Waals surface area contributed by atoms with Crippen LogP contribution in [0.25, 0.3) is 0 Å². The summed E-state index contributed by atoms with van der Waals surface area (Å²) < 4.78 is 28.1. The largest absolute Gasteiger partial charge is 0.327 e. The zero-order valence-electron chi connectivity index (χ0n) is 15.8. The summed E-state index contributed by atoms with van der Waals surface area (Å²) in [6.07, 6.45) is 0. The quantitative estimate of drug-likeness (QED) is 0.677. The molecule has 0 spiro atoms. The topological polar surface area (TPSA) is 101 Å². The van der Waals surface area contributed by atoms with Crippen molar-refractivity contribution in [1.29, 1.82) is 0 Å². The Morgan fingerprint density at radius 1 is 1.04 bits per heavy atom. The lowest BCUT2D eigenvalue weighted by molar-refractivity contribution is -0.119. The van der Waals surface area contributed by atoms with Crippen molar-refractivity contribution < 1.29 is 13.2 Å². The summed E-state index contributed by atoms with van der Waals surface area (Å²) in [4.78, 5) is 12.3. The molecular formula is C19H26ClN3O3S. The van der Waals surface area contributed by atoms with Crippen molar-refractivity contribution in [1.82, 2.24) is 0 Å². The van der Waals surface area contributed by atoms with Crippen LogP contribution in [0.3, 0.4) is 0 Å². The van der Waals surface area contributed by atoms with E-state index in [1.807, 2.05) is 13.0 Å². The van der Waals surface area contributed by atoms with Crippen molar-refractivity contribution in [2.45, 2.75) is 38.6 Å². The smallest absolute Gasteiger partial charge is 0.262 e. The zero-order valence-corrected chi connectivity index (χ0v) is 17.4. The molecule has 0 saturated carbocycles. The van der Waals surface area contributed by atoms with E-state index in [1.54, 1.807) is 51.1 Å². The van der Waals surface area contributed by atoms with Crippen LogP contribution in [0.4, 0.5) is 11.4 Å². The Kier molecular flexibility index (Phi) is 7.83. The van der Waals surface area contributed by atoms with Gasteiger partial charge in [-0.1, -0.05) is 25.1 Å². The fourth-order valence-corrected chi connectivity index (χ4v) is 3.70. The van der Waals surface area contributed by atoms with Gasteiger partial charge in [0.25, 0.3) is 10.0 Å². The van der Waals surface area contributed by atoms with Crippen LogP contribution in [0, 0.1) is 19.8 Å². The summed E-state index contributed by atoms with van der Waals surface area (Å²) in [5, 5.41) is 2.72. The molecule has 0 aromatic heterocycles. The molecule has 2 rings (SSSR count). The van der Waals surface area contributed by atoms with Crippen LogP contribution < -0.4 is 15.8 Å². The monoisotopic (exact) mass is 411 g/mol. The minimum absolute atomic E-state index is 0. The SMILES string of the molecule is Cc1cccc(NS(=O)(=O)c2cc(NC(=O)C(C)C(C)N)ccc2C)c1.Cl. The zero-order chi connectivity index (χ0) is 19.5. The van der Waals surface area contributed by atoms with Gasteiger partial charge in [0, 0.05) is 17.4 Å². The van der Waals surface area contributed by atoms with Crippen LogP contribution in [-0.2, 0) is 14.8 Å². The second-order valence-electron chi connectivity index (χ2n) is 6.59. The molecule has 0 radical (unpaired) electrons. The molecule has 0 saturated heterocycles. The number of anilines is 2. The van der Waals surface area contributed by atoms with E-state index in [1.165, 1.54) is 6.07 Å². The van der Waals surface area contributed by atoms with Crippen molar-refractivity contribution in [3.63, 3.8) is 0 Å². The second kappa shape index (κ2) is 9.21. The van der Waals surface area contributed by atoms with Gasteiger partial charge in [-0.15, -0.1) is 12.4 Å². The van der Waals surface area contributed by atoms with E-state index >= 15 is 0 Å². The van der Waals surface area contributed by atoms with Gasteiger partial charge in [0.2, 0.25) is 5.91 Å². The summed E-state index contributed by atoms with van der Waals surface area (Å²) in [6, 6.07) is 11.6. The first-order chi connectivity index (χ1) is 12.1. The van der Waals surface area contributed by atoms with E-state index in [9.17, 15) is 13.2 Å². The van der Waals surface area contributed by atoms with E-state index in [2.05, 4.69) is 10.0 Å². The second-order valence-corrected chi connectivity index (χ2v) is 8.24. The Balaban J connectivity index is 0.00000364. The average molecular weight is 412 g/mol. The normalized spacial score (nSPS) is 13.2. The van der Waals surface area contributed by atoms with Gasteiger partial charge < -0.3 is 11.1 Å². The van der Waals surface area contributed by atoms with Crippen molar-refractivity contribution in [2.75, 3.05) is 10.0 Å². The lowest BCUT2D eigenvalue weighted by Gasteiger charge is -2.17. The highest BCUT2D eigenvalue weighted by atomic mass is 35.5. The molecule has 2 atom stereocenters. The number of hydrogen-bond acceptors (Lipinski definition) is 4. The number of hydrogen-bond donors (Lipinski definition) is 3. The number of carbonyl (C=O) groups is 1. The van der Waals surface area contributed by atoms with Crippen LogP contribution >= 0.6 is 12.4 Å². The lowest BCUT2D eigenvalue weighted by Crippen LogP contribution is -2.34. The molecule has 0 heterocycles. The molecule has 1 amide bonds. The van der Waals surface area contributed by atoms with Gasteiger partial charge in [-0.05, 0) is 56.2 Å². The first kappa shape index (κ1) is 23.0. The Morgan fingerprint density at radius 2 is 1.70 bits per heavy atom. The molecule has 4 N–H and O–H groups in total. The Morgan fingerprint density at radius 3 is 2.30 bits per heavy atom. The maximum absolute atomic E-state index is 12.8. The predicted molar refractivity (Wildman–Crippen MR) is 112 cm³/mol. The fraction of sp³-hybridized carbons (Fsp3) is 0.316. The summed E-state index contributed by atoms with van der Waals surface area (Å²) in [5.74, 6) is -0.638. The maximum atomic E-state index is 12.8. The van der Waals surface area contributed by atoms with Gasteiger partial charge >= 0.3 is 0 Å². The fourth-order valence-electron chi connectivity index (χ4n) is 2.38. The van der Waals surface area contributed by atoms with Crippen LogP contribution in [0.1, 0.15) is 25.0 Å². The third-order valence-electron chi connectivity index (χ3n) is 4.22. The Bertz CT molecular complexity index is 914. The summed E-state index contributed by atoms with van der Waals surface area (Å²) in [5.41, 5.74) is 8.19. The van der Waals surface area contributed by atoms with E-state index in [-0.39, 0.29) is 35.2 Å². The van der Waals surface area contributed by atoms with Crippen LogP contribution in [0.5, 0.6) is 0 Å². The Hall–Kier alpha value is -2.09. The molecule has 2 unspecified atom stereocenters. The van der Waals surface area contributed by atoms with Crippen molar-refractivity contribution in [2.24, 2.45) is 11.7 Å². The highest BCUT2D eigenvalue weighted by Crippen LogP contribution is 2.24. The van der Waals surface area contributed by atoms with Gasteiger partial charge in [-0.2, -0.15) is 0 Å². The first-order valence-electron chi connectivity index (χ1n) is 8.37. The molecule has 0 fully saturated rings. The van der Waals surface area contributed by atoms with Crippen LogP contribution in [-0.4, -0.2) is 20.4 Å². The first-order valence-corrected chi connectivity index (χ1v) is 9.85. The van der Waals surface area contributed by atoms with Gasteiger partial charge in [0.05, 0.1) is 10.8 Å². The molecule has 0 aliphatic carbocycles.